The zero-order valence-corrected chi connectivity index (χ0v) is 19.0. The second-order valence-corrected chi connectivity index (χ2v) is 8.73. The number of carbonyl (C=O) groups is 2. The van der Waals surface area contributed by atoms with Gasteiger partial charge >= 0.3 is 11.9 Å². The van der Waals surface area contributed by atoms with E-state index in [9.17, 15) is 35.1 Å². The van der Waals surface area contributed by atoms with E-state index in [0.717, 1.165) is 0 Å². The lowest BCUT2D eigenvalue weighted by Gasteiger charge is -2.40. The normalized spacial score (nSPS) is 26.0. The molecule has 0 saturated carbocycles. The Labute approximate surface area is 199 Å². The zero-order chi connectivity index (χ0) is 25.2. The average molecular weight is 497 g/mol. The Morgan fingerprint density at radius 3 is 1.94 bits per heavy atom. The third kappa shape index (κ3) is 5.66. The molecule has 34 heavy (non-hydrogen) atoms. The molecule has 1 aliphatic rings. The largest absolute Gasteiger partial charge is 0.479 e. The van der Waals surface area contributed by atoms with Crippen molar-refractivity contribution in [2.45, 2.75) is 56.3 Å². The minimum absolute atomic E-state index is 0.282. The number of aliphatic hydroxyl groups excluding tert-OH is 3. The van der Waals surface area contributed by atoms with Crippen LogP contribution < -0.4 is 4.74 Å². The van der Waals surface area contributed by atoms with Crippen molar-refractivity contribution in [2.24, 2.45) is 0 Å². The van der Waals surface area contributed by atoms with E-state index >= 15 is 0 Å². The molecule has 1 aliphatic heterocycles. The van der Waals surface area contributed by atoms with Crippen molar-refractivity contribution in [3.8, 4) is 5.75 Å². The lowest BCUT2D eigenvalue weighted by atomic mass is 9.97. The molecule has 1 fully saturated rings. The molecular weight excluding hydrogens is 472 g/mol. The van der Waals surface area contributed by atoms with Crippen LogP contribution in [0.4, 0.5) is 0 Å². The van der Waals surface area contributed by atoms with Crippen molar-refractivity contribution in [1.82, 2.24) is 0 Å². The van der Waals surface area contributed by atoms with Gasteiger partial charge in [0.15, 0.2) is 18.0 Å². The van der Waals surface area contributed by atoms with Crippen LogP contribution in [0.5, 0.6) is 5.75 Å². The molecular formula is C23H25ClO10. The van der Waals surface area contributed by atoms with Crippen LogP contribution in [0.2, 0.25) is 5.02 Å². The number of carboxylic acids is 2. The Hall–Kier alpha value is -2.73. The lowest BCUT2D eigenvalue weighted by Crippen LogP contribution is -2.60. The van der Waals surface area contributed by atoms with Gasteiger partial charge in [0.2, 0.25) is 0 Å². The van der Waals surface area contributed by atoms with Gasteiger partial charge in [-0.15, -0.1) is 0 Å². The highest BCUT2D eigenvalue weighted by atomic mass is 35.5. The van der Waals surface area contributed by atoms with Crippen LogP contribution >= 0.6 is 11.6 Å². The number of ether oxygens (including phenoxy) is 3. The van der Waals surface area contributed by atoms with Gasteiger partial charge in [0.05, 0.1) is 0 Å². The minimum Gasteiger partial charge on any atom is -0.479 e. The summed E-state index contributed by atoms with van der Waals surface area (Å²) in [5.41, 5.74) is -0.380. The van der Waals surface area contributed by atoms with Gasteiger partial charge in [-0.3, -0.25) is 0 Å². The topological polar surface area (TPSA) is 163 Å². The number of carboxylic acid groups (broad SMARTS) is 2. The number of hydrogen-bond acceptors (Lipinski definition) is 8. The van der Waals surface area contributed by atoms with Crippen molar-refractivity contribution in [1.29, 1.82) is 0 Å². The summed E-state index contributed by atoms with van der Waals surface area (Å²) in [4.78, 5) is 22.7. The molecule has 10 nitrogen and oxygen atoms in total. The third-order valence-corrected chi connectivity index (χ3v) is 5.58. The van der Waals surface area contributed by atoms with E-state index in [1.165, 1.54) is 26.0 Å². The van der Waals surface area contributed by atoms with Gasteiger partial charge < -0.3 is 39.7 Å². The van der Waals surface area contributed by atoms with Crippen molar-refractivity contribution < 1.29 is 49.3 Å². The van der Waals surface area contributed by atoms with E-state index in [4.69, 9.17) is 25.8 Å². The maximum Gasteiger partial charge on any atom is 0.347 e. The summed E-state index contributed by atoms with van der Waals surface area (Å²) < 4.78 is 16.7. The fourth-order valence-corrected chi connectivity index (χ4v) is 3.46. The Balaban J connectivity index is 1.91. The second kappa shape index (κ2) is 10.3. The van der Waals surface area contributed by atoms with Gasteiger partial charge in [-0.05, 0) is 49.2 Å². The molecule has 0 spiro atoms. The van der Waals surface area contributed by atoms with E-state index in [0.29, 0.717) is 16.1 Å². The number of aliphatic carboxylic acids is 2. The molecule has 3 rings (SSSR count). The van der Waals surface area contributed by atoms with Gasteiger partial charge in [-0.1, -0.05) is 35.9 Å². The number of aliphatic hydroxyl groups is 3. The van der Waals surface area contributed by atoms with E-state index in [1.54, 1.807) is 36.4 Å². The van der Waals surface area contributed by atoms with Crippen LogP contribution in [0.3, 0.4) is 0 Å². The van der Waals surface area contributed by atoms with Crippen molar-refractivity contribution in [3.05, 3.63) is 64.7 Å². The molecule has 0 bridgehead atoms. The monoisotopic (exact) mass is 496 g/mol. The molecule has 1 heterocycles. The highest BCUT2D eigenvalue weighted by Gasteiger charge is 2.48. The highest BCUT2D eigenvalue weighted by Crippen LogP contribution is 2.33. The van der Waals surface area contributed by atoms with E-state index in [-0.39, 0.29) is 5.75 Å². The number of benzene rings is 2. The van der Waals surface area contributed by atoms with Gasteiger partial charge in [-0.25, -0.2) is 9.59 Å². The Kier molecular flexibility index (Phi) is 7.81. The number of rotatable bonds is 8. The van der Waals surface area contributed by atoms with Crippen LogP contribution in [0.1, 0.15) is 31.1 Å². The summed E-state index contributed by atoms with van der Waals surface area (Å²) in [5.74, 6) is -2.39. The Morgan fingerprint density at radius 2 is 1.44 bits per heavy atom. The summed E-state index contributed by atoms with van der Waals surface area (Å²) in [7, 11) is 0. The van der Waals surface area contributed by atoms with Crippen LogP contribution in [0, 0.1) is 0 Å². The van der Waals surface area contributed by atoms with E-state index in [1.807, 2.05) is 0 Å². The van der Waals surface area contributed by atoms with Crippen LogP contribution in [0.15, 0.2) is 48.5 Å². The first kappa shape index (κ1) is 25.9. The first-order valence-corrected chi connectivity index (χ1v) is 10.6. The zero-order valence-electron chi connectivity index (χ0n) is 18.2. The molecule has 184 valence electrons. The molecule has 0 aliphatic carbocycles. The summed E-state index contributed by atoms with van der Waals surface area (Å²) in [6, 6.07) is 12.8. The molecule has 5 N–H and O–H groups in total. The molecule has 6 atom stereocenters. The van der Waals surface area contributed by atoms with Crippen LogP contribution in [-0.2, 0) is 19.1 Å². The minimum atomic E-state index is -1.85. The highest BCUT2D eigenvalue weighted by molar-refractivity contribution is 6.30. The third-order valence-electron chi connectivity index (χ3n) is 5.33. The Bertz CT molecular complexity index is 1010. The summed E-state index contributed by atoms with van der Waals surface area (Å²) >= 11 is 5.98. The van der Waals surface area contributed by atoms with Crippen LogP contribution in [-0.4, -0.2) is 73.8 Å². The SMILES string of the molecule is CC(C)(Oc1ccc([C@H](O[C@@H]2O[C@H](C(=O)O)[C@@H](O)[C@H](O)[C@H]2O)c2ccc(Cl)cc2)cc1)C(=O)O. The van der Waals surface area contributed by atoms with E-state index < -0.39 is 54.3 Å². The lowest BCUT2D eigenvalue weighted by molar-refractivity contribution is -0.302. The van der Waals surface area contributed by atoms with Crippen molar-refractivity contribution in [3.63, 3.8) is 0 Å². The van der Waals surface area contributed by atoms with Gasteiger partial charge in [-0.2, -0.15) is 0 Å². The molecule has 2 aromatic carbocycles. The van der Waals surface area contributed by atoms with Gasteiger partial charge in [0.1, 0.15) is 30.2 Å². The van der Waals surface area contributed by atoms with Crippen LogP contribution in [0.25, 0.3) is 0 Å². The molecule has 0 aromatic heterocycles. The first-order valence-electron chi connectivity index (χ1n) is 10.3. The van der Waals surface area contributed by atoms with Crippen molar-refractivity contribution in [2.75, 3.05) is 0 Å². The number of hydrogen-bond donors (Lipinski definition) is 5. The second-order valence-electron chi connectivity index (χ2n) is 8.29. The predicted octanol–water partition coefficient (Wildman–Crippen LogP) is 1.58. The standard InChI is InChI=1S/C23H25ClO10/c1-23(2,22(30)31)34-14-9-5-12(6-10-14)18(11-3-7-13(24)8-4-11)32-21-17(27)15(25)16(26)19(33-21)20(28)29/h3-10,15-19,21,25-27H,1-2H3,(H,28,29)(H,30,31)/t15-,16-,17+,18+,19-,21+/m0/s1. The Morgan fingerprint density at radius 1 is 0.912 bits per heavy atom. The van der Waals surface area contributed by atoms with E-state index in [2.05, 4.69) is 0 Å². The molecule has 1 saturated heterocycles. The average Bonchev–Trinajstić information content (AvgIpc) is 2.78. The number of halogens is 1. The summed E-state index contributed by atoms with van der Waals surface area (Å²) in [6.07, 6.45) is -9.74. The molecule has 11 heteroatoms. The first-order chi connectivity index (χ1) is 15.9. The fourth-order valence-electron chi connectivity index (χ4n) is 3.33. The molecule has 0 radical (unpaired) electrons. The van der Waals surface area contributed by atoms with Gasteiger partial charge in [0, 0.05) is 5.02 Å². The maximum atomic E-state index is 11.4. The molecule has 0 amide bonds. The molecule has 2 aromatic rings. The fraction of sp³-hybridized carbons (Fsp3) is 0.391. The molecule has 0 unspecified atom stereocenters. The summed E-state index contributed by atoms with van der Waals surface area (Å²) in [6.45, 7) is 2.81. The maximum absolute atomic E-state index is 11.4. The van der Waals surface area contributed by atoms with Crippen molar-refractivity contribution >= 4 is 23.5 Å². The summed E-state index contributed by atoms with van der Waals surface area (Å²) in [5, 5.41) is 49.4. The van der Waals surface area contributed by atoms with Gasteiger partial charge in [0.25, 0.3) is 0 Å². The predicted molar refractivity (Wildman–Crippen MR) is 117 cm³/mol. The quantitative estimate of drug-likeness (QED) is 0.362. The smallest absolute Gasteiger partial charge is 0.347 e.